The summed E-state index contributed by atoms with van der Waals surface area (Å²) >= 11 is 0. The molecule has 0 amide bonds. The van der Waals surface area contributed by atoms with Gasteiger partial charge in [-0.1, -0.05) is 0 Å². The lowest BCUT2D eigenvalue weighted by molar-refractivity contribution is 0.584. The molecule has 3 rings (SSSR count). The first kappa shape index (κ1) is 13.8. The summed E-state index contributed by atoms with van der Waals surface area (Å²) in [5, 5.41) is 27.1. The minimum Gasteiger partial charge on any atom is -0.416 e. The molecule has 7 nitrogen and oxygen atoms in total. The molecule has 0 fully saturated rings. The maximum atomic E-state index is 9.29. The maximum absolute atomic E-state index is 9.29. The van der Waals surface area contributed by atoms with Crippen LogP contribution in [0.1, 0.15) is 19.4 Å². The number of H-pyrrole nitrogens is 1. The van der Waals surface area contributed by atoms with Gasteiger partial charge >= 0.3 is 0 Å². The molecule has 0 aliphatic carbocycles. The number of benzene rings is 1. The molecule has 0 aliphatic heterocycles. The fourth-order valence-electron chi connectivity index (χ4n) is 2.03. The summed E-state index contributed by atoms with van der Waals surface area (Å²) in [6.07, 6.45) is 3.28. The Morgan fingerprint density at radius 2 is 2.00 bits per heavy atom. The summed E-state index contributed by atoms with van der Waals surface area (Å²) in [4.78, 5) is 0. The van der Waals surface area contributed by atoms with Crippen molar-refractivity contribution in [1.82, 2.24) is 20.4 Å². The molecule has 22 heavy (non-hydrogen) atoms. The smallest absolute Gasteiger partial charge is 0.251 e. The maximum Gasteiger partial charge on any atom is 0.251 e. The van der Waals surface area contributed by atoms with Gasteiger partial charge in [-0.15, -0.1) is 10.2 Å². The molecule has 7 heteroatoms. The minimum atomic E-state index is 0.244. The third kappa shape index (κ3) is 2.67. The molecular formula is C15H14N6O. The molecule has 0 radical (unpaired) electrons. The summed E-state index contributed by atoms with van der Waals surface area (Å²) in [6.45, 7) is 4.04. The summed E-state index contributed by atoms with van der Waals surface area (Å²) in [6, 6.07) is 7.84. The first-order chi connectivity index (χ1) is 10.7. The number of nitrogens with zero attached hydrogens (tertiary/aromatic N) is 4. The average Bonchev–Trinajstić information content (AvgIpc) is 3.18. The van der Waals surface area contributed by atoms with Crippen molar-refractivity contribution >= 4 is 5.69 Å². The molecule has 110 valence electrons. The molecule has 0 atom stereocenters. The predicted molar refractivity (Wildman–Crippen MR) is 80.8 cm³/mol. The Morgan fingerprint density at radius 1 is 1.23 bits per heavy atom. The van der Waals surface area contributed by atoms with E-state index in [9.17, 15) is 5.26 Å². The van der Waals surface area contributed by atoms with E-state index in [0.29, 0.717) is 22.9 Å². The highest BCUT2D eigenvalue weighted by Gasteiger charge is 2.13. The van der Waals surface area contributed by atoms with E-state index in [1.54, 1.807) is 18.5 Å². The van der Waals surface area contributed by atoms with Crippen molar-refractivity contribution in [3.8, 4) is 29.0 Å². The van der Waals surface area contributed by atoms with Crippen LogP contribution in [0.15, 0.2) is 35.0 Å². The number of nitrogens with one attached hydrogen (secondary N) is 2. The van der Waals surface area contributed by atoms with E-state index in [-0.39, 0.29) is 6.04 Å². The van der Waals surface area contributed by atoms with Crippen molar-refractivity contribution in [2.75, 3.05) is 5.32 Å². The lowest BCUT2D eigenvalue weighted by atomic mass is 10.1. The fraction of sp³-hybridized carbons (Fsp3) is 0.200. The molecule has 1 aromatic carbocycles. The summed E-state index contributed by atoms with van der Waals surface area (Å²) in [5.41, 5.74) is 2.75. The quantitative estimate of drug-likeness (QED) is 0.766. The van der Waals surface area contributed by atoms with Crippen LogP contribution in [0.2, 0.25) is 0 Å². The van der Waals surface area contributed by atoms with E-state index in [2.05, 4.69) is 31.8 Å². The third-order valence-corrected chi connectivity index (χ3v) is 3.00. The van der Waals surface area contributed by atoms with Gasteiger partial charge in [-0.2, -0.15) is 10.4 Å². The Labute approximate surface area is 127 Å². The highest BCUT2D eigenvalue weighted by molar-refractivity contribution is 5.67. The molecule has 0 spiro atoms. The zero-order valence-corrected chi connectivity index (χ0v) is 12.2. The van der Waals surface area contributed by atoms with Gasteiger partial charge in [-0.25, -0.2) is 0 Å². The van der Waals surface area contributed by atoms with E-state index >= 15 is 0 Å². The van der Waals surface area contributed by atoms with Crippen LogP contribution in [-0.2, 0) is 0 Å². The standard InChI is InChI=1S/C15H14N6O/c1-9(2)19-13-4-3-10(5-11(13)6-16)14-20-21-15(22-14)12-7-17-18-8-12/h3-5,7-9,19H,1-2H3,(H,17,18). The van der Waals surface area contributed by atoms with Gasteiger partial charge in [0, 0.05) is 17.8 Å². The predicted octanol–water partition coefficient (Wildman–Crippen LogP) is 2.82. The highest BCUT2D eigenvalue weighted by atomic mass is 16.4. The molecule has 0 unspecified atom stereocenters. The minimum absolute atomic E-state index is 0.244. The van der Waals surface area contributed by atoms with Crippen LogP contribution in [0, 0.1) is 11.3 Å². The lowest BCUT2D eigenvalue weighted by Crippen LogP contribution is -2.10. The second-order valence-corrected chi connectivity index (χ2v) is 5.07. The average molecular weight is 294 g/mol. The van der Waals surface area contributed by atoms with Crippen molar-refractivity contribution < 1.29 is 4.42 Å². The van der Waals surface area contributed by atoms with Crippen molar-refractivity contribution in [3.63, 3.8) is 0 Å². The second-order valence-electron chi connectivity index (χ2n) is 5.07. The first-order valence-electron chi connectivity index (χ1n) is 6.81. The Kier molecular flexibility index (Phi) is 3.58. The Bertz CT molecular complexity index is 813. The van der Waals surface area contributed by atoms with Crippen molar-refractivity contribution in [1.29, 1.82) is 5.26 Å². The number of nitriles is 1. The largest absolute Gasteiger partial charge is 0.416 e. The van der Waals surface area contributed by atoms with Crippen molar-refractivity contribution in [2.45, 2.75) is 19.9 Å². The van der Waals surface area contributed by atoms with Crippen LogP contribution in [-0.4, -0.2) is 26.4 Å². The normalized spacial score (nSPS) is 10.6. The zero-order valence-electron chi connectivity index (χ0n) is 12.2. The SMILES string of the molecule is CC(C)Nc1ccc(-c2nnc(-c3cn[nH]c3)o2)cc1C#N. The number of hydrogen-bond acceptors (Lipinski definition) is 6. The molecule has 2 aromatic heterocycles. The van der Waals surface area contributed by atoms with Gasteiger partial charge < -0.3 is 9.73 Å². The molecule has 0 bridgehead atoms. The fourth-order valence-corrected chi connectivity index (χ4v) is 2.03. The monoisotopic (exact) mass is 294 g/mol. The zero-order chi connectivity index (χ0) is 15.5. The summed E-state index contributed by atoms with van der Waals surface area (Å²) < 4.78 is 5.62. The number of aromatic amines is 1. The molecule has 0 saturated carbocycles. The third-order valence-electron chi connectivity index (χ3n) is 3.00. The molecular weight excluding hydrogens is 280 g/mol. The van der Waals surface area contributed by atoms with Crippen LogP contribution in [0.5, 0.6) is 0 Å². The van der Waals surface area contributed by atoms with Crippen LogP contribution < -0.4 is 5.32 Å². The second kappa shape index (κ2) is 5.69. The topological polar surface area (TPSA) is 103 Å². The molecule has 0 aliphatic rings. The van der Waals surface area contributed by atoms with Gasteiger partial charge in [0.05, 0.1) is 23.0 Å². The Balaban J connectivity index is 1.94. The Hall–Kier alpha value is -3.14. The van der Waals surface area contributed by atoms with E-state index in [1.807, 2.05) is 26.0 Å². The molecule has 2 N–H and O–H groups in total. The Morgan fingerprint density at radius 3 is 2.64 bits per heavy atom. The van der Waals surface area contributed by atoms with Gasteiger partial charge in [-0.05, 0) is 32.0 Å². The van der Waals surface area contributed by atoms with E-state index < -0.39 is 0 Å². The van der Waals surface area contributed by atoms with Gasteiger partial charge in [-0.3, -0.25) is 5.10 Å². The van der Waals surface area contributed by atoms with E-state index in [4.69, 9.17) is 4.42 Å². The van der Waals surface area contributed by atoms with E-state index in [0.717, 1.165) is 11.3 Å². The van der Waals surface area contributed by atoms with E-state index in [1.165, 1.54) is 0 Å². The van der Waals surface area contributed by atoms with Gasteiger partial charge in [0.15, 0.2) is 0 Å². The summed E-state index contributed by atoms with van der Waals surface area (Å²) in [5.74, 6) is 0.746. The van der Waals surface area contributed by atoms with Gasteiger partial charge in [0.2, 0.25) is 5.89 Å². The van der Waals surface area contributed by atoms with Crippen LogP contribution in [0.3, 0.4) is 0 Å². The van der Waals surface area contributed by atoms with Crippen molar-refractivity contribution in [3.05, 3.63) is 36.2 Å². The first-order valence-corrected chi connectivity index (χ1v) is 6.81. The number of anilines is 1. The van der Waals surface area contributed by atoms with Gasteiger partial charge in [0.1, 0.15) is 6.07 Å². The van der Waals surface area contributed by atoms with Crippen LogP contribution in [0.25, 0.3) is 22.9 Å². The number of aromatic nitrogens is 4. The lowest BCUT2D eigenvalue weighted by Gasteiger charge is -2.11. The molecule has 0 saturated heterocycles. The van der Waals surface area contributed by atoms with Crippen molar-refractivity contribution in [2.24, 2.45) is 0 Å². The molecule has 2 heterocycles. The molecule has 3 aromatic rings. The van der Waals surface area contributed by atoms with Crippen LogP contribution in [0.4, 0.5) is 5.69 Å². The van der Waals surface area contributed by atoms with Gasteiger partial charge in [0.25, 0.3) is 5.89 Å². The van der Waals surface area contributed by atoms with Crippen LogP contribution >= 0.6 is 0 Å². The number of hydrogen-bond donors (Lipinski definition) is 2. The number of rotatable bonds is 4. The summed E-state index contributed by atoms with van der Waals surface area (Å²) in [7, 11) is 0. The highest BCUT2D eigenvalue weighted by Crippen LogP contribution is 2.26.